The Morgan fingerprint density at radius 2 is 2.06 bits per heavy atom. The van der Waals surface area contributed by atoms with Crippen LogP contribution in [0, 0.1) is 12.3 Å². The van der Waals surface area contributed by atoms with Crippen molar-refractivity contribution in [1.82, 2.24) is 4.90 Å². The summed E-state index contributed by atoms with van der Waals surface area (Å²) in [6.45, 7) is 2.81. The van der Waals surface area contributed by atoms with Gasteiger partial charge >= 0.3 is 0 Å². The molecule has 0 atom stereocenters. The Bertz CT molecular complexity index is 262. The standard InChI is InChI=1S/C13H22N2O/c1-3-5-6-13(16)15(4-2)12-9-7-11(14)8-10-12/h1,11-12H,4-10,14H2,2H3. The molecule has 0 unspecified atom stereocenters. The first-order valence-electron chi connectivity index (χ1n) is 6.17. The molecule has 3 nitrogen and oxygen atoms in total. The van der Waals surface area contributed by atoms with E-state index in [2.05, 4.69) is 5.92 Å². The summed E-state index contributed by atoms with van der Waals surface area (Å²) in [7, 11) is 0. The van der Waals surface area contributed by atoms with Gasteiger partial charge in [-0.2, -0.15) is 0 Å². The smallest absolute Gasteiger partial charge is 0.223 e. The summed E-state index contributed by atoms with van der Waals surface area (Å²) in [5, 5.41) is 0. The van der Waals surface area contributed by atoms with Gasteiger partial charge in [0.05, 0.1) is 0 Å². The van der Waals surface area contributed by atoms with Crippen LogP contribution in [0.15, 0.2) is 0 Å². The van der Waals surface area contributed by atoms with Crippen molar-refractivity contribution in [2.75, 3.05) is 6.54 Å². The summed E-state index contributed by atoms with van der Waals surface area (Å²) in [6.07, 6.45) is 10.3. The Morgan fingerprint density at radius 1 is 1.44 bits per heavy atom. The Morgan fingerprint density at radius 3 is 2.56 bits per heavy atom. The zero-order chi connectivity index (χ0) is 12.0. The van der Waals surface area contributed by atoms with Gasteiger partial charge in [-0.15, -0.1) is 12.3 Å². The Balaban J connectivity index is 2.47. The van der Waals surface area contributed by atoms with E-state index in [1.165, 1.54) is 0 Å². The number of carbonyl (C=O) groups excluding carboxylic acids is 1. The molecule has 1 aliphatic carbocycles. The van der Waals surface area contributed by atoms with Gasteiger partial charge in [0.15, 0.2) is 0 Å². The zero-order valence-corrected chi connectivity index (χ0v) is 10.1. The molecule has 0 spiro atoms. The lowest BCUT2D eigenvalue weighted by atomic mass is 9.90. The number of nitrogens with zero attached hydrogens (tertiary/aromatic N) is 1. The molecule has 0 aromatic rings. The molecule has 1 saturated carbocycles. The lowest BCUT2D eigenvalue weighted by molar-refractivity contribution is -0.133. The number of terminal acetylenes is 1. The first kappa shape index (κ1) is 13.1. The summed E-state index contributed by atoms with van der Waals surface area (Å²) >= 11 is 0. The van der Waals surface area contributed by atoms with Gasteiger partial charge < -0.3 is 10.6 Å². The average Bonchev–Trinajstić information content (AvgIpc) is 2.30. The van der Waals surface area contributed by atoms with Gasteiger partial charge in [0.25, 0.3) is 0 Å². The fraction of sp³-hybridized carbons (Fsp3) is 0.769. The van der Waals surface area contributed by atoms with E-state index in [4.69, 9.17) is 12.2 Å². The first-order valence-corrected chi connectivity index (χ1v) is 6.17. The highest BCUT2D eigenvalue weighted by molar-refractivity contribution is 5.76. The number of hydrogen-bond donors (Lipinski definition) is 1. The van der Waals surface area contributed by atoms with Crippen LogP contribution in [0.3, 0.4) is 0 Å². The highest BCUT2D eigenvalue weighted by Crippen LogP contribution is 2.22. The van der Waals surface area contributed by atoms with Gasteiger partial charge in [0.2, 0.25) is 5.91 Å². The lowest BCUT2D eigenvalue weighted by Crippen LogP contribution is -2.44. The fourth-order valence-corrected chi connectivity index (χ4v) is 2.37. The second-order valence-electron chi connectivity index (χ2n) is 4.45. The molecular formula is C13H22N2O. The second kappa shape index (κ2) is 6.55. The van der Waals surface area contributed by atoms with E-state index in [1.807, 2.05) is 11.8 Å². The molecule has 0 aliphatic heterocycles. The van der Waals surface area contributed by atoms with Crippen LogP contribution >= 0.6 is 0 Å². The minimum Gasteiger partial charge on any atom is -0.340 e. The number of nitrogens with two attached hydrogens (primary N) is 1. The van der Waals surface area contributed by atoms with Crippen LogP contribution in [-0.4, -0.2) is 29.4 Å². The Labute approximate surface area is 98.4 Å². The molecule has 3 heteroatoms. The summed E-state index contributed by atoms with van der Waals surface area (Å²) < 4.78 is 0. The van der Waals surface area contributed by atoms with Crippen molar-refractivity contribution in [2.45, 2.75) is 57.5 Å². The molecule has 0 bridgehead atoms. The topological polar surface area (TPSA) is 46.3 Å². The molecule has 2 N–H and O–H groups in total. The van der Waals surface area contributed by atoms with E-state index in [0.29, 0.717) is 24.9 Å². The summed E-state index contributed by atoms with van der Waals surface area (Å²) in [5.74, 6) is 2.72. The highest BCUT2D eigenvalue weighted by Gasteiger charge is 2.25. The van der Waals surface area contributed by atoms with Crippen molar-refractivity contribution >= 4 is 5.91 Å². The summed E-state index contributed by atoms with van der Waals surface area (Å²) in [5.41, 5.74) is 5.86. The molecule has 1 rings (SSSR count). The minimum atomic E-state index is 0.195. The van der Waals surface area contributed by atoms with E-state index in [1.54, 1.807) is 0 Å². The van der Waals surface area contributed by atoms with Crippen LogP contribution in [0.2, 0.25) is 0 Å². The molecule has 0 saturated heterocycles. The average molecular weight is 222 g/mol. The van der Waals surface area contributed by atoms with Crippen LogP contribution in [-0.2, 0) is 4.79 Å². The van der Waals surface area contributed by atoms with Crippen molar-refractivity contribution < 1.29 is 4.79 Å². The van der Waals surface area contributed by atoms with Crippen LogP contribution in [0.25, 0.3) is 0 Å². The van der Waals surface area contributed by atoms with E-state index in [0.717, 1.165) is 32.2 Å². The maximum Gasteiger partial charge on any atom is 0.223 e. The van der Waals surface area contributed by atoms with Gasteiger partial charge in [-0.3, -0.25) is 4.79 Å². The molecule has 1 fully saturated rings. The number of amides is 1. The number of rotatable bonds is 4. The maximum atomic E-state index is 11.9. The quantitative estimate of drug-likeness (QED) is 0.733. The maximum absolute atomic E-state index is 11.9. The summed E-state index contributed by atoms with van der Waals surface area (Å²) in [4.78, 5) is 13.9. The predicted molar refractivity (Wildman–Crippen MR) is 65.7 cm³/mol. The largest absolute Gasteiger partial charge is 0.340 e. The predicted octanol–water partition coefficient (Wildman–Crippen LogP) is 1.52. The van der Waals surface area contributed by atoms with Crippen LogP contribution < -0.4 is 5.73 Å². The SMILES string of the molecule is C#CCCC(=O)N(CC)C1CCC(N)CC1. The fourth-order valence-electron chi connectivity index (χ4n) is 2.37. The van der Waals surface area contributed by atoms with Crippen molar-refractivity contribution in [3.63, 3.8) is 0 Å². The van der Waals surface area contributed by atoms with Crippen molar-refractivity contribution in [3.8, 4) is 12.3 Å². The van der Waals surface area contributed by atoms with Gasteiger partial charge in [-0.1, -0.05) is 0 Å². The molecule has 0 radical (unpaired) electrons. The molecular weight excluding hydrogens is 200 g/mol. The highest BCUT2D eigenvalue weighted by atomic mass is 16.2. The van der Waals surface area contributed by atoms with Gasteiger partial charge in [-0.25, -0.2) is 0 Å². The molecule has 1 aliphatic rings. The zero-order valence-electron chi connectivity index (χ0n) is 10.1. The monoisotopic (exact) mass is 222 g/mol. The van der Waals surface area contributed by atoms with E-state index in [9.17, 15) is 4.79 Å². The Hall–Kier alpha value is -1.01. The summed E-state index contributed by atoms with van der Waals surface area (Å²) in [6, 6.07) is 0.714. The van der Waals surface area contributed by atoms with Gasteiger partial charge in [0.1, 0.15) is 0 Å². The molecule has 0 aromatic heterocycles. The third-order valence-corrected chi connectivity index (χ3v) is 3.33. The van der Waals surface area contributed by atoms with Crippen LogP contribution in [0.5, 0.6) is 0 Å². The Kier molecular flexibility index (Phi) is 5.34. The van der Waals surface area contributed by atoms with E-state index >= 15 is 0 Å². The van der Waals surface area contributed by atoms with Crippen molar-refractivity contribution in [2.24, 2.45) is 5.73 Å². The van der Waals surface area contributed by atoms with Crippen LogP contribution in [0.4, 0.5) is 0 Å². The molecule has 90 valence electrons. The second-order valence-corrected chi connectivity index (χ2v) is 4.45. The van der Waals surface area contributed by atoms with Gasteiger partial charge in [-0.05, 0) is 32.6 Å². The third kappa shape index (κ3) is 3.53. The number of hydrogen-bond acceptors (Lipinski definition) is 2. The van der Waals surface area contributed by atoms with Gasteiger partial charge in [0, 0.05) is 31.5 Å². The van der Waals surface area contributed by atoms with E-state index in [-0.39, 0.29) is 5.91 Å². The minimum absolute atomic E-state index is 0.195. The third-order valence-electron chi connectivity index (χ3n) is 3.33. The van der Waals surface area contributed by atoms with E-state index < -0.39 is 0 Å². The van der Waals surface area contributed by atoms with Crippen molar-refractivity contribution in [3.05, 3.63) is 0 Å². The molecule has 0 aromatic carbocycles. The van der Waals surface area contributed by atoms with Crippen molar-refractivity contribution in [1.29, 1.82) is 0 Å². The molecule has 16 heavy (non-hydrogen) atoms. The molecule has 0 heterocycles. The molecule has 1 amide bonds. The normalized spacial score (nSPS) is 24.8. The van der Waals surface area contributed by atoms with Crippen LogP contribution in [0.1, 0.15) is 45.4 Å². The lowest BCUT2D eigenvalue weighted by Gasteiger charge is -2.35. The number of carbonyl (C=O) groups is 1. The first-order chi connectivity index (χ1) is 7.69.